The molecule has 0 heterocycles. The van der Waals surface area contributed by atoms with E-state index in [-0.39, 0.29) is 11.9 Å². The zero-order valence-corrected chi connectivity index (χ0v) is 12.2. The largest absolute Gasteiger partial charge is 0.484 e. The number of aryl methyl sites for hydroxylation is 1. The van der Waals surface area contributed by atoms with Gasteiger partial charge in [0.05, 0.1) is 4.47 Å². The topological polar surface area (TPSA) is 35.2 Å². The Morgan fingerprint density at radius 3 is 2.47 bits per heavy atom. The van der Waals surface area contributed by atoms with Gasteiger partial charge in [-0.3, -0.25) is 0 Å². The first-order chi connectivity index (χ1) is 9.10. The zero-order valence-electron chi connectivity index (χ0n) is 10.6. The minimum atomic E-state index is -0.313. The number of halogens is 2. The number of rotatable bonds is 4. The molecule has 2 rings (SSSR count). The molecule has 1 atom stereocenters. The molecular weight excluding hydrogens is 309 g/mol. The van der Waals surface area contributed by atoms with E-state index in [0.29, 0.717) is 16.8 Å². The van der Waals surface area contributed by atoms with Gasteiger partial charge in [0.2, 0.25) is 0 Å². The summed E-state index contributed by atoms with van der Waals surface area (Å²) in [6, 6.07) is 12.6. The monoisotopic (exact) mass is 323 g/mol. The number of hydrogen-bond acceptors (Lipinski definition) is 2. The van der Waals surface area contributed by atoms with Gasteiger partial charge in [0.25, 0.3) is 0 Å². The number of ether oxygens (including phenoxy) is 1. The maximum Gasteiger partial charge on any atom is 0.137 e. The van der Waals surface area contributed by atoms with Crippen molar-refractivity contribution in [2.75, 3.05) is 6.54 Å². The Kier molecular flexibility index (Phi) is 4.56. The van der Waals surface area contributed by atoms with Crippen molar-refractivity contribution < 1.29 is 9.13 Å². The smallest absolute Gasteiger partial charge is 0.137 e. The fourth-order valence-electron chi connectivity index (χ4n) is 1.75. The van der Waals surface area contributed by atoms with Crippen LogP contribution in [-0.2, 0) is 0 Å². The van der Waals surface area contributed by atoms with Crippen molar-refractivity contribution in [3.63, 3.8) is 0 Å². The second-order valence-corrected chi connectivity index (χ2v) is 5.18. The highest BCUT2D eigenvalue weighted by Gasteiger charge is 2.12. The van der Waals surface area contributed by atoms with Gasteiger partial charge in [-0.25, -0.2) is 4.39 Å². The summed E-state index contributed by atoms with van der Waals surface area (Å²) in [5.74, 6) is 0.274. The maximum absolute atomic E-state index is 13.2. The average Bonchev–Trinajstić information content (AvgIpc) is 2.41. The van der Waals surface area contributed by atoms with Gasteiger partial charge in [-0.15, -0.1) is 0 Å². The Bertz CT molecular complexity index is 557. The first-order valence-corrected chi connectivity index (χ1v) is 6.78. The van der Waals surface area contributed by atoms with Crippen LogP contribution in [0.3, 0.4) is 0 Å². The SMILES string of the molecule is Cc1ccc(C(CN)Oc2ccc(F)c(Br)c2)cc1. The summed E-state index contributed by atoms with van der Waals surface area (Å²) in [7, 11) is 0. The molecule has 19 heavy (non-hydrogen) atoms. The second kappa shape index (κ2) is 6.17. The molecule has 0 saturated carbocycles. The van der Waals surface area contributed by atoms with E-state index in [0.717, 1.165) is 5.56 Å². The molecule has 0 amide bonds. The fraction of sp³-hybridized carbons (Fsp3) is 0.200. The van der Waals surface area contributed by atoms with Crippen LogP contribution in [0.4, 0.5) is 4.39 Å². The predicted octanol–water partition coefficient (Wildman–Crippen LogP) is 3.98. The van der Waals surface area contributed by atoms with Crippen LogP contribution in [-0.4, -0.2) is 6.54 Å². The highest BCUT2D eigenvalue weighted by atomic mass is 79.9. The van der Waals surface area contributed by atoms with Crippen molar-refractivity contribution in [3.05, 3.63) is 63.9 Å². The minimum absolute atomic E-state index is 0.238. The van der Waals surface area contributed by atoms with E-state index in [1.165, 1.54) is 11.6 Å². The molecule has 0 spiro atoms. The second-order valence-electron chi connectivity index (χ2n) is 4.33. The van der Waals surface area contributed by atoms with Crippen molar-refractivity contribution in [2.45, 2.75) is 13.0 Å². The summed E-state index contributed by atoms with van der Waals surface area (Å²) in [6.45, 7) is 2.39. The van der Waals surface area contributed by atoms with Crippen molar-refractivity contribution >= 4 is 15.9 Å². The summed E-state index contributed by atoms with van der Waals surface area (Å²) in [5, 5.41) is 0. The highest BCUT2D eigenvalue weighted by molar-refractivity contribution is 9.10. The van der Waals surface area contributed by atoms with Crippen LogP contribution in [0, 0.1) is 12.7 Å². The highest BCUT2D eigenvalue weighted by Crippen LogP contribution is 2.26. The Balaban J connectivity index is 2.18. The van der Waals surface area contributed by atoms with E-state index in [1.54, 1.807) is 12.1 Å². The fourth-order valence-corrected chi connectivity index (χ4v) is 2.11. The van der Waals surface area contributed by atoms with E-state index < -0.39 is 0 Å². The first-order valence-electron chi connectivity index (χ1n) is 5.98. The van der Waals surface area contributed by atoms with Gasteiger partial charge < -0.3 is 10.5 Å². The molecule has 2 nitrogen and oxygen atoms in total. The summed E-state index contributed by atoms with van der Waals surface area (Å²) < 4.78 is 19.3. The molecule has 0 aliphatic carbocycles. The Morgan fingerprint density at radius 2 is 1.89 bits per heavy atom. The lowest BCUT2D eigenvalue weighted by Crippen LogP contribution is -2.18. The van der Waals surface area contributed by atoms with Crippen LogP contribution in [0.5, 0.6) is 5.75 Å². The molecule has 0 aliphatic heterocycles. The van der Waals surface area contributed by atoms with Crippen molar-refractivity contribution in [1.29, 1.82) is 0 Å². The van der Waals surface area contributed by atoms with Gasteiger partial charge in [-0.1, -0.05) is 29.8 Å². The van der Waals surface area contributed by atoms with Gasteiger partial charge in [-0.2, -0.15) is 0 Å². The van der Waals surface area contributed by atoms with E-state index >= 15 is 0 Å². The van der Waals surface area contributed by atoms with Gasteiger partial charge in [-0.05, 0) is 46.6 Å². The summed E-state index contributed by atoms with van der Waals surface area (Å²) in [4.78, 5) is 0. The summed E-state index contributed by atoms with van der Waals surface area (Å²) >= 11 is 3.14. The summed E-state index contributed by atoms with van der Waals surface area (Å²) in [6.07, 6.45) is -0.238. The van der Waals surface area contributed by atoms with Gasteiger partial charge in [0, 0.05) is 6.54 Å². The molecule has 1 unspecified atom stereocenters. The Labute approximate surface area is 120 Å². The Hall–Kier alpha value is -1.39. The third kappa shape index (κ3) is 3.55. The van der Waals surface area contributed by atoms with Crippen LogP contribution in [0.2, 0.25) is 0 Å². The first kappa shape index (κ1) is 14.0. The van der Waals surface area contributed by atoms with Crippen molar-refractivity contribution in [3.8, 4) is 5.75 Å². The van der Waals surface area contributed by atoms with Crippen LogP contribution in [0.1, 0.15) is 17.2 Å². The van der Waals surface area contributed by atoms with Gasteiger partial charge >= 0.3 is 0 Å². The van der Waals surface area contributed by atoms with Crippen LogP contribution >= 0.6 is 15.9 Å². The predicted molar refractivity (Wildman–Crippen MR) is 77.7 cm³/mol. The molecule has 2 aromatic carbocycles. The molecule has 0 radical (unpaired) electrons. The van der Waals surface area contributed by atoms with E-state index in [9.17, 15) is 4.39 Å². The molecule has 0 fully saturated rings. The van der Waals surface area contributed by atoms with Crippen LogP contribution < -0.4 is 10.5 Å². The lowest BCUT2D eigenvalue weighted by atomic mass is 10.1. The van der Waals surface area contributed by atoms with Crippen molar-refractivity contribution in [1.82, 2.24) is 0 Å². The lowest BCUT2D eigenvalue weighted by Gasteiger charge is -2.18. The van der Waals surface area contributed by atoms with Gasteiger partial charge in [0.15, 0.2) is 0 Å². The number of hydrogen-bond donors (Lipinski definition) is 1. The Morgan fingerprint density at radius 1 is 1.21 bits per heavy atom. The molecule has 0 bridgehead atoms. The average molecular weight is 324 g/mol. The van der Waals surface area contributed by atoms with E-state index in [4.69, 9.17) is 10.5 Å². The molecule has 0 aliphatic rings. The number of benzene rings is 2. The quantitative estimate of drug-likeness (QED) is 0.923. The van der Waals surface area contributed by atoms with Crippen LogP contribution in [0.25, 0.3) is 0 Å². The molecule has 0 saturated heterocycles. The molecule has 2 aromatic rings. The maximum atomic E-state index is 13.2. The minimum Gasteiger partial charge on any atom is -0.484 e. The third-order valence-corrected chi connectivity index (χ3v) is 3.44. The third-order valence-electron chi connectivity index (χ3n) is 2.83. The molecule has 2 N–H and O–H groups in total. The lowest BCUT2D eigenvalue weighted by molar-refractivity contribution is 0.214. The molecule has 4 heteroatoms. The van der Waals surface area contributed by atoms with Crippen LogP contribution in [0.15, 0.2) is 46.9 Å². The van der Waals surface area contributed by atoms with Gasteiger partial charge in [0.1, 0.15) is 17.7 Å². The zero-order chi connectivity index (χ0) is 13.8. The molecular formula is C15H15BrFNO. The standard InChI is InChI=1S/C15H15BrFNO/c1-10-2-4-11(5-3-10)15(9-18)19-12-6-7-14(17)13(16)8-12/h2-8,15H,9,18H2,1H3. The van der Waals surface area contributed by atoms with Crippen molar-refractivity contribution in [2.24, 2.45) is 5.73 Å². The van der Waals surface area contributed by atoms with E-state index in [2.05, 4.69) is 15.9 Å². The normalized spacial score (nSPS) is 12.2. The van der Waals surface area contributed by atoms with E-state index in [1.807, 2.05) is 31.2 Å². The summed E-state index contributed by atoms with van der Waals surface area (Å²) in [5.41, 5.74) is 7.94. The molecule has 100 valence electrons. The number of nitrogens with two attached hydrogens (primary N) is 1. The molecule has 0 aromatic heterocycles.